The molecule has 0 aliphatic heterocycles. The van der Waals surface area contributed by atoms with Crippen molar-refractivity contribution in [1.82, 2.24) is 15.0 Å². The molecule has 16 heavy (non-hydrogen) atoms. The fourth-order valence-electron chi connectivity index (χ4n) is 1.12. The van der Waals surface area contributed by atoms with Gasteiger partial charge in [-0.2, -0.15) is 15.0 Å². The maximum Gasteiger partial charge on any atom is 0.322 e. The maximum absolute atomic E-state index is 9.16. The molecule has 0 bridgehead atoms. The quantitative estimate of drug-likeness (QED) is 0.644. The molecule has 1 rings (SSSR count). The summed E-state index contributed by atoms with van der Waals surface area (Å²) in [5.41, 5.74) is 5.48. The summed E-state index contributed by atoms with van der Waals surface area (Å²) < 4.78 is 4.87. The minimum atomic E-state index is -0.133. The van der Waals surface area contributed by atoms with Crippen LogP contribution in [0.5, 0.6) is 6.01 Å². The number of ether oxygens (including phenoxy) is 1. The van der Waals surface area contributed by atoms with E-state index in [1.165, 1.54) is 7.11 Å². The lowest BCUT2D eigenvalue weighted by Crippen LogP contribution is -2.30. The van der Waals surface area contributed by atoms with Crippen LogP contribution in [0.15, 0.2) is 0 Å². The van der Waals surface area contributed by atoms with E-state index in [9.17, 15) is 0 Å². The van der Waals surface area contributed by atoms with Gasteiger partial charge in [-0.3, -0.25) is 0 Å². The Morgan fingerprint density at radius 1 is 1.38 bits per heavy atom. The summed E-state index contributed by atoms with van der Waals surface area (Å²) in [4.78, 5) is 11.6. The summed E-state index contributed by atoms with van der Waals surface area (Å²) in [5, 5.41) is 12.1. The Hall–Kier alpha value is -1.63. The van der Waals surface area contributed by atoms with Crippen molar-refractivity contribution < 1.29 is 9.84 Å². The highest BCUT2D eigenvalue weighted by molar-refractivity contribution is 5.33. The van der Waals surface area contributed by atoms with Crippen molar-refractivity contribution in [2.24, 2.45) is 5.92 Å². The minimum Gasteiger partial charge on any atom is -0.467 e. The van der Waals surface area contributed by atoms with Crippen LogP contribution in [0.4, 0.5) is 11.9 Å². The van der Waals surface area contributed by atoms with Gasteiger partial charge < -0.3 is 20.9 Å². The number of rotatable bonds is 5. The second-order valence-corrected chi connectivity index (χ2v) is 3.68. The van der Waals surface area contributed by atoms with Gasteiger partial charge in [0.15, 0.2) is 0 Å². The van der Waals surface area contributed by atoms with Gasteiger partial charge in [-0.25, -0.2) is 0 Å². The highest BCUT2D eigenvalue weighted by Crippen LogP contribution is 2.12. The zero-order chi connectivity index (χ0) is 12.1. The Bertz CT molecular complexity index is 345. The van der Waals surface area contributed by atoms with E-state index in [2.05, 4.69) is 20.3 Å². The van der Waals surface area contributed by atoms with Crippen molar-refractivity contribution in [3.63, 3.8) is 0 Å². The van der Waals surface area contributed by atoms with Crippen LogP contribution < -0.4 is 15.8 Å². The number of aliphatic hydroxyl groups is 1. The number of nitrogen functional groups attached to an aromatic ring is 1. The molecule has 1 aromatic heterocycles. The fraction of sp³-hybridized carbons (Fsp3) is 0.667. The first kappa shape index (κ1) is 12.4. The monoisotopic (exact) mass is 227 g/mol. The fourth-order valence-corrected chi connectivity index (χ4v) is 1.12. The maximum atomic E-state index is 9.16. The third-order valence-electron chi connectivity index (χ3n) is 2.13. The molecule has 90 valence electrons. The third kappa shape index (κ3) is 3.20. The molecule has 7 nitrogen and oxygen atoms in total. The van der Waals surface area contributed by atoms with Crippen LogP contribution in [-0.2, 0) is 0 Å². The third-order valence-corrected chi connectivity index (χ3v) is 2.13. The lowest BCUT2D eigenvalue weighted by Gasteiger charge is -2.19. The predicted octanol–water partition coefficient (Wildman–Crippen LogP) is -0.109. The molecule has 0 aromatic carbocycles. The normalized spacial score (nSPS) is 12.6. The van der Waals surface area contributed by atoms with E-state index >= 15 is 0 Å². The van der Waals surface area contributed by atoms with Gasteiger partial charge in [0.05, 0.1) is 19.8 Å². The summed E-state index contributed by atoms with van der Waals surface area (Å²) >= 11 is 0. The second-order valence-electron chi connectivity index (χ2n) is 3.68. The number of aliphatic hydroxyl groups excluding tert-OH is 1. The first-order valence-electron chi connectivity index (χ1n) is 4.99. The molecule has 0 unspecified atom stereocenters. The van der Waals surface area contributed by atoms with Crippen LogP contribution in [0.3, 0.4) is 0 Å². The van der Waals surface area contributed by atoms with Crippen molar-refractivity contribution in [2.45, 2.75) is 19.9 Å². The Morgan fingerprint density at radius 3 is 2.56 bits per heavy atom. The number of nitrogens with one attached hydrogen (secondary N) is 1. The topological polar surface area (TPSA) is 106 Å². The van der Waals surface area contributed by atoms with E-state index in [0.717, 1.165) is 0 Å². The smallest absolute Gasteiger partial charge is 0.322 e. The number of aromatic nitrogens is 3. The largest absolute Gasteiger partial charge is 0.467 e. The van der Waals surface area contributed by atoms with Crippen molar-refractivity contribution >= 4 is 11.9 Å². The van der Waals surface area contributed by atoms with E-state index in [4.69, 9.17) is 15.6 Å². The number of methoxy groups -OCH3 is 1. The van der Waals surface area contributed by atoms with Crippen LogP contribution in [-0.4, -0.2) is 39.8 Å². The molecule has 1 atom stereocenters. The molecule has 1 aromatic rings. The summed E-state index contributed by atoms with van der Waals surface area (Å²) in [6, 6.07) is 0.0157. The number of hydrogen-bond donors (Lipinski definition) is 3. The second kappa shape index (κ2) is 5.45. The Morgan fingerprint density at radius 2 is 2.06 bits per heavy atom. The number of nitrogens with two attached hydrogens (primary N) is 1. The first-order valence-corrected chi connectivity index (χ1v) is 4.99. The van der Waals surface area contributed by atoms with E-state index < -0.39 is 0 Å². The SMILES string of the molecule is COc1nc(N)nc(N[C@H](CO)C(C)C)n1. The molecule has 0 amide bonds. The van der Waals surface area contributed by atoms with Crippen LogP contribution in [0.1, 0.15) is 13.8 Å². The highest BCUT2D eigenvalue weighted by Gasteiger charge is 2.14. The molecule has 0 aliphatic carbocycles. The van der Waals surface area contributed by atoms with Gasteiger partial charge in [-0.15, -0.1) is 0 Å². The molecule has 0 aliphatic rings. The van der Waals surface area contributed by atoms with Crippen molar-refractivity contribution in [2.75, 3.05) is 24.8 Å². The molecule has 0 radical (unpaired) electrons. The predicted molar refractivity (Wildman–Crippen MR) is 60.1 cm³/mol. The summed E-state index contributed by atoms with van der Waals surface area (Å²) in [7, 11) is 1.45. The lowest BCUT2D eigenvalue weighted by molar-refractivity contribution is 0.248. The molecule has 0 saturated heterocycles. The lowest BCUT2D eigenvalue weighted by atomic mass is 10.1. The molecule has 0 spiro atoms. The minimum absolute atomic E-state index is 0.00836. The molecular weight excluding hydrogens is 210 g/mol. The van der Waals surface area contributed by atoms with Gasteiger partial charge in [0.2, 0.25) is 11.9 Å². The summed E-state index contributed by atoms with van der Waals surface area (Å²) in [6.07, 6.45) is 0. The van der Waals surface area contributed by atoms with Gasteiger partial charge >= 0.3 is 6.01 Å². The van der Waals surface area contributed by atoms with Gasteiger partial charge in [0, 0.05) is 0 Å². The van der Waals surface area contributed by atoms with Gasteiger partial charge in [0.1, 0.15) is 0 Å². The van der Waals surface area contributed by atoms with Crippen LogP contribution in [0.25, 0.3) is 0 Å². The van der Waals surface area contributed by atoms with Crippen molar-refractivity contribution in [3.8, 4) is 6.01 Å². The Labute approximate surface area is 94.1 Å². The molecule has 0 fully saturated rings. The standard InChI is InChI=1S/C9H17N5O2/c1-5(2)6(4-15)11-8-12-7(10)13-9(14-8)16-3/h5-6,15H,4H2,1-3H3,(H3,10,11,12,13,14)/t6-/m1/s1. The average Bonchev–Trinajstić information content (AvgIpc) is 2.24. The number of nitrogens with zero attached hydrogens (tertiary/aromatic N) is 3. The molecule has 7 heteroatoms. The Balaban J connectivity index is 2.83. The van der Waals surface area contributed by atoms with Crippen molar-refractivity contribution in [3.05, 3.63) is 0 Å². The molecule has 1 heterocycles. The van der Waals surface area contributed by atoms with E-state index in [-0.39, 0.29) is 30.5 Å². The zero-order valence-corrected chi connectivity index (χ0v) is 9.64. The summed E-state index contributed by atoms with van der Waals surface area (Å²) in [6.45, 7) is 3.96. The van der Waals surface area contributed by atoms with Crippen LogP contribution in [0.2, 0.25) is 0 Å². The van der Waals surface area contributed by atoms with Gasteiger partial charge in [-0.1, -0.05) is 13.8 Å². The van der Waals surface area contributed by atoms with Gasteiger partial charge in [-0.05, 0) is 5.92 Å². The molecule has 4 N–H and O–H groups in total. The molecule has 0 saturated carbocycles. The van der Waals surface area contributed by atoms with Gasteiger partial charge in [0.25, 0.3) is 0 Å². The van der Waals surface area contributed by atoms with Crippen LogP contribution in [0, 0.1) is 5.92 Å². The number of anilines is 2. The number of hydrogen-bond acceptors (Lipinski definition) is 7. The first-order chi connectivity index (χ1) is 7.56. The van der Waals surface area contributed by atoms with E-state index in [1.807, 2.05) is 13.8 Å². The van der Waals surface area contributed by atoms with E-state index in [1.54, 1.807) is 0 Å². The summed E-state index contributed by atoms with van der Waals surface area (Å²) in [5.74, 6) is 0.626. The van der Waals surface area contributed by atoms with Crippen molar-refractivity contribution in [1.29, 1.82) is 0 Å². The Kier molecular flexibility index (Phi) is 4.24. The molecular formula is C9H17N5O2. The van der Waals surface area contributed by atoms with E-state index in [0.29, 0.717) is 5.95 Å². The highest BCUT2D eigenvalue weighted by atomic mass is 16.5. The zero-order valence-electron chi connectivity index (χ0n) is 9.64. The van der Waals surface area contributed by atoms with Crippen LogP contribution >= 0.6 is 0 Å². The average molecular weight is 227 g/mol.